The van der Waals surface area contributed by atoms with Gasteiger partial charge in [0, 0.05) is 12.5 Å². The van der Waals surface area contributed by atoms with E-state index in [1.807, 2.05) is 0 Å². The van der Waals surface area contributed by atoms with Gasteiger partial charge in [0.15, 0.2) is 5.88 Å². The molecule has 0 unspecified atom stereocenters. The molecule has 2 rings (SSSR count). The molecule has 1 aromatic carbocycles. The summed E-state index contributed by atoms with van der Waals surface area (Å²) in [6, 6.07) is 9.00. The number of carbonyl (C=O) groups is 1. The van der Waals surface area contributed by atoms with Gasteiger partial charge in [0.05, 0.1) is 6.26 Å². The summed E-state index contributed by atoms with van der Waals surface area (Å²) in [7, 11) is 0. The fourth-order valence-corrected chi connectivity index (χ4v) is 1.60. The van der Waals surface area contributed by atoms with E-state index in [1.54, 1.807) is 24.3 Å². The zero-order chi connectivity index (χ0) is 13.0. The molecule has 2 aromatic rings. The van der Waals surface area contributed by atoms with Gasteiger partial charge in [0.25, 0.3) is 0 Å². The van der Waals surface area contributed by atoms with Gasteiger partial charge in [0.2, 0.25) is 0 Å². The second kappa shape index (κ2) is 5.27. The summed E-state index contributed by atoms with van der Waals surface area (Å²) in [4.78, 5) is 11.1. The van der Waals surface area contributed by atoms with Crippen molar-refractivity contribution in [3.63, 3.8) is 0 Å². The Morgan fingerprint density at radius 1 is 1.28 bits per heavy atom. The Hall–Kier alpha value is -2.43. The summed E-state index contributed by atoms with van der Waals surface area (Å²) in [5.41, 5.74) is 0.819. The molecule has 0 spiro atoms. The SMILES string of the molecule is O=C(O)[C@H](Cc1ccc(O)cc1)Nc1ccco1. The number of carboxylic acids is 1. The number of aliphatic carboxylic acids is 1. The van der Waals surface area contributed by atoms with Crippen LogP contribution in [0.15, 0.2) is 47.1 Å². The van der Waals surface area contributed by atoms with Crippen molar-refractivity contribution >= 4 is 11.9 Å². The predicted molar refractivity (Wildman–Crippen MR) is 65.6 cm³/mol. The summed E-state index contributed by atoms with van der Waals surface area (Å²) in [5, 5.41) is 21.1. The zero-order valence-corrected chi connectivity index (χ0v) is 9.54. The highest BCUT2D eigenvalue weighted by Crippen LogP contribution is 2.14. The molecular formula is C13H13NO4. The Bertz CT molecular complexity index is 504. The van der Waals surface area contributed by atoms with Gasteiger partial charge in [-0.05, 0) is 23.8 Å². The first kappa shape index (κ1) is 12.0. The Morgan fingerprint density at radius 3 is 2.56 bits per heavy atom. The van der Waals surface area contributed by atoms with E-state index in [4.69, 9.17) is 14.6 Å². The largest absolute Gasteiger partial charge is 0.508 e. The van der Waals surface area contributed by atoms with Crippen LogP contribution in [-0.4, -0.2) is 22.2 Å². The van der Waals surface area contributed by atoms with Gasteiger partial charge < -0.3 is 19.9 Å². The third-order valence-corrected chi connectivity index (χ3v) is 2.51. The Balaban J connectivity index is 2.06. The van der Waals surface area contributed by atoms with E-state index >= 15 is 0 Å². The van der Waals surface area contributed by atoms with Crippen LogP contribution in [0.4, 0.5) is 5.88 Å². The summed E-state index contributed by atoms with van der Waals surface area (Å²) in [5.74, 6) is -0.384. The van der Waals surface area contributed by atoms with Gasteiger partial charge in [-0.2, -0.15) is 0 Å². The summed E-state index contributed by atoms with van der Waals surface area (Å²) in [6.07, 6.45) is 1.78. The number of furan rings is 1. The molecule has 5 heteroatoms. The molecular weight excluding hydrogens is 234 g/mol. The number of nitrogens with one attached hydrogen (secondary N) is 1. The van der Waals surface area contributed by atoms with Gasteiger partial charge in [-0.3, -0.25) is 0 Å². The van der Waals surface area contributed by atoms with Crippen molar-refractivity contribution in [2.24, 2.45) is 0 Å². The average molecular weight is 247 g/mol. The van der Waals surface area contributed by atoms with Crippen LogP contribution < -0.4 is 5.32 Å². The van der Waals surface area contributed by atoms with Crippen molar-refractivity contribution in [1.29, 1.82) is 0 Å². The first-order valence-corrected chi connectivity index (χ1v) is 5.46. The maximum Gasteiger partial charge on any atom is 0.326 e. The van der Waals surface area contributed by atoms with Gasteiger partial charge in [-0.1, -0.05) is 12.1 Å². The van der Waals surface area contributed by atoms with E-state index in [0.717, 1.165) is 5.56 Å². The lowest BCUT2D eigenvalue weighted by molar-refractivity contribution is -0.137. The average Bonchev–Trinajstić information content (AvgIpc) is 2.84. The Kier molecular flexibility index (Phi) is 3.52. The zero-order valence-electron chi connectivity index (χ0n) is 9.54. The number of rotatable bonds is 5. The topological polar surface area (TPSA) is 82.7 Å². The maximum absolute atomic E-state index is 11.1. The van der Waals surface area contributed by atoms with Crippen LogP contribution in [0.25, 0.3) is 0 Å². The second-order valence-electron chi connectivity index (χ2n) is 3.88. The molecule has 94 valence electrons. The fraction of sp³-hybridized carbons (Fsp3) is 0.154. The molecule has 5 nitrogen and oxygen atoms in total. The second-order valence-corrected chi connectivity index (χ2v) is 3.88. The molecule has 0 fully saturated rings. The molecule has 0 aliphatic heterocycles. The number of hydrogen-bond acceptors (Lipinski definition) is 4. The lowest BCUT2D eigenvalue weighted by Gasteiger charge is -2.13. The van der Waals surface area contributed by atoms with Crippen molar-refractivity contribution < 1.29 is 19.4 Å². The normalized spacial score (nSPS) is 12.0. The number of benzene rings is 1. The number of anilines is 1. The predicted octanol–water partition coefficient (Wildman–Crippen LogP) is 2.09. The van der Waals surface area contributed by atoms with E-state index in [2.05, 4.69) is 5.32 Å². The van der Waals surface area contributed by atoms with E-state index < -0.39 is 12.0 Å². The first-order valence-electron chi connectivity index (χ1n) is 5.46. The molecule has 1 aromatic heterocycles. The molecule has 3 N–H and O–H groups in total. The molecule has 0 saturated carbocycles. The lowest BCUT2D eigenvalue weighted by atomic mass is 10.1. The van der Waals surface area contributed by atoms with E-state index in [1.165, 1.54) is 18.4 Å². The molecule has 0 radical (unpaired) electrons. The summed E-state index contributed by atoms with van der Waals surface area (Å²) in [6.45, 7) is 0. The van der Waals surface area contributed by atoms with Crippen LogP contribution in [0, 0.1) is 0 Å². The van der Waals surface area contributed by atoms with Crippen LogP contribution in [0.3, 0.4) is 0 Å². The van der Waals surface area contributed by atoms with Gasteiger partial charge in [0.1, 0.15) is 11.8 Å². The minimum Gasteiger partial charge on any atom is -0.508 e. The van der Waals surface area contributed by atoms with Crippen molar-refractivity contribution in [2.75, 3.05) is 5.32 Å². The quantitative estimate of drug-likeness (QED) is 0.753. The van der Waals surface area contributed by atoms with Gasteiger partial charge in [-0.25, -0.2) is 4.79 Å². The summed E-state index contributed by atoms with van der Waals surface area (Å²) < 4.78 is 5.06. The monoisotopic (exact) mass is 247 g/mol. The minimum atomic E-state index is -0.959. The highest BCUT2D eigenvalue weighted by Gasteiger charge is 2.18. The molecule has 0 bridgehead atoms. The molecule has 0 aliphatic rings. The first-order chi connectivity index (χ1) is 8.65. The molecule has 0 aliphatic carbocycles. The molecule has 1 heterocycles. The summed E-state index contributed by atoms with van der Waals surface area (Å²) >= 11 is 0. The number of carboxylic acid groups (broad SMARTS) is 1. The molecule has 1 atom stereocenters. The van der Waals surface area contributed by atoms with E-state index in [-0.39, 0.29) is 5.75 Å². The van der Waals surface area contributed by atoms with Crippen molar-refractivity contribution in [2.45, 2.75) is 12.5 Å². The van der Waals surface area contributed by atoms with Crippen LogP contribution in [0.2, 0.25) is 0 Å². The van der Waals surface area contributed by atoms with Crippen LogP contribution in [0.1, 0.15) is 5.56 Å². The molecule has 0 saturated heterocycles. The third kappa shape index (κ3) is 3.04. The molecule has 18 heavy (non-hydrogen) atoms. The smallest absolute Gasteiger partial charge is 0.326 e. The van der Waals surface area contributed by atoms with Crippen molar-refractivity contribution in [3.8, 4) is 5.75 Å². The minimum absolute atomic E-state index is 0.157. The number of phenolic OH excluding ortho intramolecular Hbond substituents is 1. The Labute approximate surface area is 104 Å². The number of aromatic hydroxyl groups is 1. The highest BCUT2D eigenvalue weighted by atomic mass is 16.4. The third-order valence-electron chi connectivity index (χ3n) is 2.51. The van der Waals surface area contributed by atoms with Crippen molar-refractivity contribution in [1.82, 2.24) is 0 Å². The van der Waals surface area contributed by atoms with Gasteiger partial charge in [-0.15, -0.1) is 0 Å². The van der Waals surface area contributed by atoms with E-state index in [0.29, 0.717) is 12.3 Å². The highest BCUT2D eigenvalue weighted by molar-refractivity contribution is 5.77. The fourth-order valence-electron chi connectivity index (χ4n) is 1.60. The lowest BCUT2D eigenvalue weighted by Crippen LogP contribution is -2.31. The number of hydrogen-bond donors (Lipinski definition) is 3. The standard InChI is InChI=1S/C13H13NO4/c15-10-5-3-9(4-6-10)8-11(13(16)17)14-12-2-1-7-18-12/h1-7,11,14-15H,8H2,(H,16,17)/t11-/m0/s1. The number of phenols is 1. The molecule has 0 amide bonds. The maximum atomic E-state index is 11.1. The van der Waals surface area contributed by atoms with Crippen molar-refractivity contribution in [3.05, 3.63) is 48.2 Å². The van der Waals surface area contributed by atoms with Gasteiger partial charge >= 0.3 is 5.97 Å². The Morgan fingerprint density at radius 2 is 2.00 bits per heavy atom. The van der Waals surface area contributed by atoms with Crippen LogP contribution in [-0.2, 0) is 11.2 Å². The van der Waals surface area contributed by atoms with Crippen LogP contribution >= 0.6 is 0 Å². The van der Waals surface area contributed by atoms with E-state index in [9.17, 15) is 4.79 Å². The van der Waals surface area contributed by atoms with Crippen LogP contribution in [0.5, 0.6) is 5.75 Å².